The Balaban J connectivity index is 1.78. The molecule has 20 heavy (non-hydrogen) atoms. The minimum absolute atomic E-state index is 0.438. The van der Waals surface area contributed by atoms with E-state index in [0.717, 1.165) is 16.9 Å². The molecule has 0 saturated carbocycles. The van der Waals surface area contributed by atoms with Crippen LogP contribution in [0.3, 0.4) is 0 Å². The fourth-order valence-corrected chi connectivity index (χ4v) is 1.86. The van der Waals surface area contributed by atoms with Crippen LogP contribution in [-0.2, 0) is 16.0 Å². The van der Waals surface area contributed by atoms with E-state index in [1.807, 2.05) is 24.3 Å². The van der Waals surface area contributed by atoms with Gasteiger partial charge in [-0.05, 0) is 25.5 Å². The normalized spacial score (nSPS) is 12.2. The molecule has 1 aromatic carbocycles. The van der Waals surface area contributed by atoms with E-state index in [1.54, 1.807) is 0 Å². The molecule has 0 aliphatic heterocycles. The maximum atomic E-state index is 11.4. The number of para-hydroxylation sites is 2. The zero-order chi connectivity index (χ0) is 14.5. The van der Waals surface area contributed by atoms with Gasteiger partial charge in [0.05, 0.1) is 11.0 Å². The van der Waals surface area contributed by atoms with Crippen LogP contribution < -0.4 is 5.32 Å². The molecule has 0 bridgehead atoms. The Bertz CT molecular complexity index is 588. The quantitative estimate of drug-likeness (QED) is 0.547. The number of aliphatic carboxylic acids is 1. The van der Waals surface area contributed by atoms with Crippen molar-refractivity contribution in [2.75, 3.05) is 6.54 Å². The van der Waals surface area contributed by atoms with E-state index in [1.165, 1.54) is 6.92 Å². The zero-order valence-electron chi connectivity index (χ0n) is 11.2. The van der Waals surface area contributed by atoms with Crippen molar-refractivity contribution >= 4 is 22.9 Å². The third kappa shape index (κ3) is 3.34. The molecule has 1 amide bonds. The minimum Gasteiger partial charge on any atom is -0.481 e. The first-order chi connectivity index (χ1) is 9.58. The number of carboxylic acid groups (broad SMARTS) is 1. The summed E-state index contributed by atoms with van der Waals surface area (Å²) in [6, 6.07) is 7.77. The Morgan fingerprint density at radius 2 is 2.15 bits per heavy atom. The Labute approximate surface area is 116 Å². The van der Waals surface area contributed by atoms with Gasteiger partial charge in [-0.1, -0.05) is 12.1 Å². The van der Waals surface area contributed by atoms with E-state index in [2.05, 4.69) is 15.3 Å². The van der Waals surface area contributed by atoms with Gasteiger partial charge >= 0.3 is 5.97 Å². The Kier molecular flexibility index (Phi) is 4.34. The molecule has 1 aromatic heterocycles. The van der Waals surface area contributed by atoms with Crippen molar-refractivity contribution in [2.45, 2.75) is 19.8 Å². The van der Waals surface area contributed by atoms with Crippen molar-refractivity contribution in [1.29, 1.82) is 0 Å². The summed E-state index contributed by atoms with van der Waals surface area (Å²) in [5.74, 6) is -1.71. The maximum Gasteiger partial charge on any atom is 0.315 e. The van der Waals surface area contributed by atoms with Crippen molar-refractivity contribution in [1.82, 2.24) is 15.3 Å². The second kappa shape index (κ2) is 6.18. The van der Waals surface area contributed by atoms with Crippen molar-refractivity contribution in [3.8, 4) is 0 Å². The number of nitrogens with zero attached hydrogens (tertiary/aromatic N) is 1. The summed E-state index contributed by atoms with van der Waals surface area (Å²) < 4.78 is 0. The third-order valence-corrected chi connectivity index (χ3v) is 3.09. The van der Waals surface area contributed by atoms with Crippen LogP contribution in [0.5, 0.6) is 0 Å². The number of H-pyrrole nitrogens is 1. The Morgan fingerprint density at radius 3 is 2.85 bits per heavy atom. The van der Waals surface area contributed by atoms with E-state index in [4.69, 9.17) is 5.11 Å². The maximum absolute atomic E-state index is 11.4. The molecule has 0 radical (unpaired) electrons. The average molecular weight is 275 g/mol. The molecule has 106 valence electrons. The van der Waals surface area contributed by atoms with Crippen molar-refractivity contribution in [2.24, 2.45) is 5.92 Å². The number of aryl methyl sites for hydroxylation is 1. The Hall–Kier alpha value is -2.37. The fraction of sp³-hybridized carbons (Fsp3) is 0.357. The topological polar surface area (TPSA) is 95.1 Å². The summed E-state index contributed by atoms with van der Waals surface area (Å²) in [6.45, 7) is 1.81. The molecular formula is C14H17N3O3. The summed E-state index contributed by atoms with van der Waals surface area (Å²) >= 11 is 0. The number of benzene rings is 1. The number of hydrogen-bond donors (Lipinski definition) is 3. The van der Waals surface area contributed by atoms with Gasteiger partial charge in [0.2, 0.25) is 5.91 Å². The molecule has 0 spiro atoms. The van der Waals surface area contributed by atoms with Gasteiger partial charge in [0.15, 0.2) is 0 Å². The molecule has 2 rings (SSSR count). The molecule has 0 aliphatic carbocycles. The number of aromatic nitrogens is 2. The van der Waals surface area contributed by atoms with Crippen molar-refractivity contribution < 1.29 is 14.7 Å². The number of carboxylic acids is 1. The number of aromatic amines is 1. The number of nitrogens with one attached hydrogen (secondary N) is 2. The largest absolute Gasteiger partial charge is 0.481 e. The van der Waals surface area contributed by atoms with E-state index in [9.17, 15) is 9.59 Å². The summed E-state index contributed by atoms with van der Waals surface area (Å²) in [5.41, 5.74) is 1.91. The van der Waals surface area contributed by atoms with E-state index < -0.39 is 17.8 Å². The fourth-order valence-electron chi connectivity index (χ4n) is 1.86. The van der Waals surface area contributed by atoms with E-state index >= 15 is 0 Å². The zero-order valence-corrected chi connectivity index (χ0v) is 11.2. The van der Waals surface area contributed by atoms with Crippen LogP contribution in [0.15, 0.2) is 24.3 Å². The van der Waals surface area contributed by atoms with Crippen LogP contribution in [-0.4, -0.2) is 33.5 Å². The lowest BCUT2D eigenvalue weighted by molar-refractivity contribution is -0.146. The second-order valence-corrected chi connectivity index (χ2v) is 4.66. The monoisotopic (exact) mass is 275 g/mol. The van der Waals surface area contributed by atoms with E-state index in [-0.39, 0.29) is 0 Å². The van der Waals surface area contributed by atoms with Crippen molar-refractivity contribution in [3.63, 3.8) is 0 Å². The lowest BCUT2D eigenvalue weighted by Gasteiger charge is -2.07. The van der Waals surface area contributed by atoms with Crippen LogP contribution in [0.1, 0.15) is 19.2 Å². The average Bonchev–Trinajstić information content (AvgIpc) is 2.85. The molecule has 3 N–H and O–H groups in total. The highest BCUT2D eigenvalue weighted by molar-refractivity contribution is 5.96. The van der Waals surface area contributed by atoms with E-state index in [0.29, 0.717) is 19.4 Å². The van der Waals surface area contributed by atoms with Gasteiger partial charge in [-0.15, -0.1) is 0 Å². The SMILES string of the molecule is CC(C(=O)O)C(=O)NCCCc1nc2ccccc2[nH]1. The predicted molar refractivity (Wildman–Crippen MR) is 74.2 cm³/mol. The smallest absolute Gasteiger partial charge is 0.315 e. The van der Waals surface area contributed by atoms with Crippen LogP contribution >= 0.6 is 0 Å². The number of carbonyl (C=O) groups excluding carboxylic acids is 1. The standard InChI is InChI=1S/C14H17N3O3/c1-9(14(19)20)13(18)15-8-4-7-12-16-10-5-2-3-6-11(10)17-12/h2-3,5-6,9H,4,7-8H2,1H3,(H,15,18)(H,16,17)(H,19,20). The van der Waals surface area contributed by atoms with Gasteiger partial charge in [0.1, 0.15) is 11.7 Å². The summed E-state index contributed by atoms with van der Waals surface area (Å²) in [4.78, 5) is 29.7. The molecule has 0 fully saturated rings. The molecule has 1 unspecified atom stereocenters. The molecule has 0 aliphatic rings. The first kappa shape index (κ1) is 14.0. The molecule has 6 heteroatoms. The third-order valence-electron chi connectivity index (χ3n) is 3.09. The van der Waals surface area contributed by atoms with Gasteiger partial charge in [-0.3, -0.25) is 9.59 Å². The summed E-state index contributed by atoms with van der Waals surface area (Å²) in [5, 5.41) is 11.3. The van der Waals surface area contributed by atoms with Gasteiger partial charge < -0.3 is 15.4 Å². The van der Waals surface area contributed by atoms with Gasteiger partial charge in [0.25, 0.3) is 0 Å². The second-order valence-electron chi connectivity index (χ2n) is 4.66. The van der Waals surface area contributed by atoms with Crippen LogP contribution in [0, 0.1) is 5.92 Å². The first-order valence-electron chi connectivity index (χ1n) is 6.52. The number of rotatable bonds is 6. The molecule has 1 atom stereocenters. The lowest BCUT2D eigenvalue weighted by atomic mass is 10.1. The Morgan fingerprint density at radius 1 is 1.40 bits per heavy atom. The highest BCUT2D eigenvalue weighted by Crippen LogP contribution is 2.11. The molecule has 6 nitrogen and oxygen atoms in total. The molecule has 0 saturated heterocycles. The number of imidazole rings is 1. The number of hydrogen-bond acceptors (Lipinski definition) is 3. The van der Waals surface area contributed by atoms with Gasteiger partial charge in [-0.2, -0.15) is 0 Å². The van der Waals surface area contributed by atoms with Crippen LogP contribution in [0.25, 0.3) is 11.0 Å². The molecular weight excluding hydrogens is 258 g/mol. The number of carbonyl (C=O) groups is 2. The van der Waals surface area contributed by atoms with Gasteiger partial charge in [-0.25, -0.2) is 4.98 Å². The number of amides is 1. The summed E-state index contributed by atoms with van der Waals surface area (Å²) in [6.07, 6.45) is 1.41. The predicted octanol–water partition coefficient (Wildman–Crippen LogP) is 1.33. The minimum atomic E-state index is -1.11. The van der Waals surface area contributed by atoms with Crippen LogP contribution in [0.2, 0.25) is 0 Å². The lowest BCUT2D eigenvalue weighted by Crippen LogP contribution is -2.34. The van der Waals surface area contributed by atoms with Gasteiger partial charge in [0, 0.05) is 13.0 Å². The first-order valence-corrected chi connectivity index (χ1v) is 6.52. The van der Waals surface area contributed by atoms with Crippen molar-refractivity contribution in [3.05, 3.63) is 30.1 Å². The van der Waals surface area contributed by atoms with Crippen LogP contribution in [0.4, 0.5) is 0 Å². The summed E-state index contributed by atoms with van der Waals surface area (Å²) in [7, 11) is 0. The molecule has 2 aromatic rings. The highest BCUT2D eigenvalue weighted by atomic mass is 16.4. The number of fused-ring (bicyclic) bond motifs is 1. The highest BCUT2D eigenvalue weighted by Gasteiger charge is 2.19. The molecule has 1 heterocycles.